The highest BCUT2D eigenvalue weighted by molar-refractivity contribution is 14.1. The number of hydrogen-bond acceptors (Lipinski definition) is 4. The number of halogens is 2. The third-order valence-electron chi connectivity index (χ3n) is 2.90. The molecule has 0 atom stereocenters. The monoisotopic (exact) mass is 474 g/mol. The average Bonchev–Trinajstić information content (AvgIpc) is 2.52. The van der Waals surface area contributed by atoms with E-state index in [1.54, 1.807) is 43.5 Å². The minimum atomic E-state index is -0.508. The summed E-state index contributed by atoms with van der Waals surface area (Å²) in [4.78, 5) is 24.0. The summed E-state index contributed by atoms with van der Waals surface area (Å²) >= 11 is 5.37. The van der Waals surface area contributed by atoms with E-state index in [0.29, 0.717) is 21.3 Å². The van der Waals surface area contributed by atoms with Crippen LogP contribution < -0.4 is 4.74 Å². The highest BCUT2D eigenvalue weighted by Gasteiger charge is 2.14. The molecule has 2 aromatic carbocycles. The van der Waals surface area contributed by atoms with Gasteiger partial charge in [0.2, 0.25) is 0 Å². The van der Waals surface area contributed by atoms with Gasteiger partial charge in [0.05, 0.1) is 17.1 Å². The number of rotatable bonds is 5. The highest BCUT2D eigenvalue weighted by atomic mass is 127. The molecule has 0 unspecified atom stereocenters. The molecule has 6 heteroatoms. The van der Waals surface area contributed by atoms with Crippen LogP contribution in [0.25, 0.3) is 0 Å². The first kappa shape index (κ1) is 17.0. The standard InChI is InChI=1S/C16H12BrIO4/c1-21-15-7-6-10(8-12(15)17)14(19)9-22-16(20)11-4-2-3-5-13(11)18/h2-8H,9H2,1H3. The minimum Gasteiger partial charge on any atom is -0.496 e. The predicted molar refractivity (Wildman–Crippen MR) is 94.5 cm³/mol. The van der Waals surface area contributed by atoms with Crippen LogP contribution in [-0.2, 0) is 4.74 Å². The highest BCUT2D eigenvalue weighted by Crippen LogP contribution is 2.25. The van der Waals surface area contributed by atoms with Crippen LogP contribution in [0, 0.1) is 3.57 Å². The SMILES string of the molecule is COc1ccc(C(=O)COC(=O)c2ccccc2I)cc1Br. The summed E-state index contributed by atoms with van der Waals surface area (Å²) in [6.07, 6.45) is 0. The summed E-state index contributed by atoms with van der Waals surface area (Å²) < 4.78 is 11.6. The Hall–Kier alpha value is -1.41. The van der Waals surface area contributed by atoms with Crippen LogP contribution in [0.4, 0.5) is 0 Å². The maximum atomic E-state index is 12.1. The van der Waals surface area contributed by atoms with Crippen molar-refractivity contribution in [1.82, 2.24) is 0 Å². The zero-order chi connectivity index (χ0) is 16.1. The molecule has 0 aromatic heterocycles. The lowest BCUT2D eigenvalue weighted by atomic mass is 10.1. The molecule has 2 aromatic rings. The summed E-state index contributed by atoms with van der Waals surface area (Å²) in [6, 6.07) is 12.0. The van der Waals surface area contributed by atoms with Crippen molar-refractivity contribution in [2.75, 3.05) is 13.7 Å². The van der Waals surface area contributed by atoms with Crippen molar-refractivity contribution in [2.45, 2.75) is 0 Å². The number of hydrogen-bond donors (Lipinski definition) is 0. The topological polar surface area (TPSA) is 52.6 Å². The molecule has 22 heavy (non-hydrogen) atoms. The molecule has 0 saturated heterocycles. The van der Waals surface area contributed by atoms with Crippen molar-refractivity contribution in [2.24, 2.45) is 0 Å². The molecule has 2 rings (SSSR count). The molecular weight excluding hydrogens is 463 g/mol. The second-order valence-corrected chi connectivity index (χ2v) is 6.35. The van der Waals surface area contributed by atoms with Gasteiger partial charge < -0.3 is 9.47 Å². The Labute approximate surface area is 150 Å². The van der Waals surface area contributed by atoms with Crippen molar-refractivity contribution < 1.29 is 19.1 Å². The lowest BCUT2D eigenvalue weighted by Crippen LogP contribution is -2.15. The lowest BCUT2D eigenvalue weighted by Gasteiger charge is -2.07. The first-order chi connectivity index (χ1) is 10.5. The Morgan fingerprint density at radius 1 is 1.18 bits per heavy atom. The summed E-state index contributed by atoms with van der Waals surface area (Å²) in [5.41, 5.74) is 0.898. The molecule has 0 radical (unpaired) electrons. The Kier molecular flexibility index (Phi) is 5.96. The van der Waals surface area contributed by atoms with Gasteiger partial charge in [0.15, 0.2) is 12.4 Å². The van der Waals surface area contributed by atoms with Crippen LogP contribution in [0.3, 0.4) is 0 Å². The Bertz CT molecular complexity index is 715. The Morgan fingerprint density at radius 3 is 2.55 bits per heavy atom. The molecule has 0 aliphatic rings. The third kappa shape index (κ3) is 4.07. The number of methoxy groups -OCH3 is 1. The van der Waals surface area contributed by atoms with Gasteiger partial charge in [-0.15, -0.1) is 0 Å². The van der Waals surface area contributed by atoms with Crippen LogP contribution in [0.2, 0.25) is 0 Å². The van der Waals surface area contributed by atoms with Crippen molar-refractivity contribution >= 4 is 50.3 Å². The number of esters is 1. The van der Waals surface area contributed by atoms with Gasteiger partial charge >= 0.3 is 5.97 Å². The maximum absolute atomic E-state index is 12.1. The number of ketones is 1. The molecule has 0 spiro atoms. The average molecular weight is 475 g/mol. The van der Waals surface area contributed by atoms with Gasteiger partial charge in [0.25, 0.3) is 0 Å². The van der Waals surface area contributed by atoms with Crippen molar-refractivity contribution in [1.29, 1.82) is 0 Å². The van der Waals surface area contributed by atoms with E-state index in [0.717, 1.165) is 3.57 Å². The normalized spacial score (nSPS) is 10.1. The molecule has 0 bridgehead atoms. The van der Waals surface area contributed by atoms with E-state index in [9.17, 15) is 9.59 Å². The van der Waals surface area contributed by atoms with E-state index in [1.807, 2.05) is 6.07 Å². The summed E-state index contributed by atoms with van der Waals surface area (Å²) in [5, 5.41) is 0. The molecule has 0 aliphatic heterocycles. The first-order valence-corrected chi connectivity index (χ1v) is 8.18. The lowest BCUT2D eigenvalue weighted by molar-refractivity contribution is 0.0473. The molecular formula is C16H12BrIO4. The second-order valence-electron chi connectivity index (χ2n) is 4.33. The molecule has 0 fully saturated rings. The van der Waals surface area contributed by atoms with Gasteiger partial charge in [-0.2, -0.15) is 0 Å². The number of benzene rings is 2. The van der Waals surface area contributed by atoms with Crippen LogP contribution in [0.5, 0.6) is 5.75 Å². The van der Waals surface area contributed by atoms with Crippen molar-refractivity contribution in [3.63, 3.8) is 0 Å². The number of ether oxygens (including phenoxy) is 2. The number of Topliss-reactive ketones (excluding diaryl/α,β-unsaturated/α-hetero) is 1. The van der Waals surface area contributed by atoms with Gasteiger partial charge in [-0.1, -0.05) is 12.1 Å². The van der Waals surface area contributed by atoms with E-state index < -0.39 is 5.97 Å². The fraction of sp³-hybridized carbons (Fsp3) is 0.125. The summed E-state index contributed by atoms with van der Waals surface area (Å²) in [6.45, 7) is -0.303. The fourth-order valence-electron chi connectivity index (χ4n) is 1.76. The van der Waals surface area contributed by atoms with E-state index in [4.69, 9.17) is 9.47 Å². The third-order valence-corrected chi connectivity index (χ3v) is 4.46. The minimum absolute atomic E-state index is 0.275. The molecule has 0 saturated carbocycles. The van der Waals surface area contributed by atoms with Crippen molar-refractivity contribution in [3.8, 4) is 5.75 Å². The Morgan fingerprint density at radius 2 is 1.91 bits per heavy atom. The van der Waals surface area contributed by atoms with Gasteiger partial charge in [0, 0.05) is 9.13 Å². The zero-order valence-electron chi connectivity index (χ0n) is 11.6. The molecule has 0 aliphatic carbocycles. The number of carbonyl (C=O) groups is 2. The second kappa shape index (κ2) is 7.73. The largest absolute Gasteiger partial charge is 0.496 e. The van der Waals surface area contributed by atoms with Gasteiger partial charge in [-0.05, 0) is 68.9 Å². The van der Waals surface area contributed by atoms with E-state index in [-0.39, 0.29) is 12.4 Å². The molecule has 0 amide bonds. The van der Waals surface area contributed by atoms with Crippen LogP contribution in [0.1, 0.15) is 20.7 Å². The zero-order valence-corrected chi connectivity index (χ0v) is 15.4. The summed E-state index contributed by atoms with van der Waals surface area (Å²) in [5.74, 6) is -0.152. The van der Waals surface area contributed by atoms with Crippen LogP contribution in [-0.4, -0.2) is 25.5 Å². The fourth-order valence-corrected chi connectivity index (χ4v) is 2.91. The van der Waals surface area contributed by atoms with Gasteiger partial charge in [-0.3, -0.25) is 4.79 Å². The molecule has 114 valence electrons. The van der Waals surface area contributed by atoms with E-state index in [2.05, 4.69) is 38.5 Å². The quantitative estimate of drug-likeness (QED) is 0.372. The Balaban J connectivity index is 2.02. The molecule has 0 heterocycles. The van der Waals surface area contributed by atoms with Crippen molar-refractivity contribution in [3.05, 3.63) is 61.6 Å². The maximum Gasteiger partial charge on any atom is 0.339 e. The first-order valence-electron chi connectivity index (χ1n) is 6.31. The molecule has 4 nitrogen and oxygen atoms in total. The van der Waals surface area contributed by atoms with Crippen LogP contribution >= 0.6 is 38.5 Å². The van der Waals surface area contributed by atoms with Gasteiger partial charge in [-0.25, -0.2) is 4.79 Å². The summed E-state index contributed by atoms with van der Waals surface area (Å²) in [7, 11) is 1.55. The predicted octanol–water partition coefficient (Wildman–Crippen LogP) is 4.10. The van der Waals surface area contributed by atoms with Crippen LogP contribution in [0.15, 0.2) is 46.9 Å². The van der Waals surface area contributed by atoms with E-state index >= 15 is 0 Å². The van der Waals surface area contributed by atoms with E-state index in [1.165, 1.54) is 0 Å². The molecule has 0 N–H and O–H groups in total. The van der Waals surface area contributed by atoms with Gasteiger partial charge in [0.1, 0.15) is 5.75 Å². The smallest absolute Gasteiger partial charge is 0.339 e. The number of carbonyl (C=O) groups excluding carboxylic acids is 2.